The Morgan fingerprint density at radius 3 is 2.86 bits per heavy atom. The standard InChI is InChI=1S/C20H28O2/c1-20-10-9-17-16-7-5-15(21)11-13(16)3-6-18(17)19(20)8-4-14(20)12-22-2/h11,14,18-19H,3-10,12H2,1-2H3/t14-,18+,19-,20+/m0/s1. The molecule has 0 saturated heterocycles. The maximum Gasteiger partial charge on any atom is 0.156 e. The summed E-state index contributed by atoms with van der Waals surface area (Å²) >= 11 is 0. The van der Waals surface area contributed by atoms with E-state index in [1.54, 1.807) is 11.1 Å². The van der Waals surface area contributed by atoms with E-state index < -0.39 is 0 Å². The van der Waals surface area contributed by atoms with Gasteiger partial charge in [-0.3, -0.25) is 4.79 Å². The van der Waals surface area contributed by atoms with Crippen LogP contribution in [-0.4, -0.2) is 19.5 Å². The average molecular weight is 300 g/mol. The minimum Gasteiger partial charge on any atom is -0.384 e. The minimum atomic E-state index is 0.347. The predicted octanol–water partition coefficient (Wildman–Crippen LogP) is 4.46. The summed E-state index contributed by atoms with van der Waals surface area (Å²) in [4.78, 5) is 11.7. The second-order valence-electron chi connectivity index (χ2n) is 8.13. The van der Waals surface area contributed by atoms with Crippen molar-refractivity contribution in [1.82, 2.24) is 0 Å². The van der Waals surface area contributed by atoms with Gasteiger partial charge in [0.15, 0.2) is 5.78 Å². The molecule has 0 N–H and O–H groups in total. The number of carbonyl (C=O) groups excluding carboxylic acids is 1. The second kappa shape index (κ2) is 5.33. The zero-order chi connectivity index (χ0) is 15.3. The summed E-state index contributed by atoms with van der Waals surface area (Å²) in [5.41, 5.74) is 5.20. The zero-order valence-corrected chi connectivity index (χ0v) is 14.0. The SMILES string of the molecule is COC[C@@H]1CC[C@H]2[C@@H]3CCC4=CC(=O)CCC4=C3CC[C@]12C. The van der Waals surface area contributed by atoms with Crippen LogP contribution in [0, 0.1) is 23.2 Å². The van der Waals surface area contributed by atoms with E-state index >= 15 is 0 Å². The molecule has 4 rings (SSSR count). The maximum atomic E-state index is 11.7. The van der Waals surface area contributed by atoms with Gasteiger partial charge in [-0.2, -0.15) is 0 Å². The molecule has 0 bridgehead atoms. The smallest absolute Gasteiger partial charge is 0.156 e. The van der Waals surface area contributed by atoms with E-state index in [9.17, 15) is 4.79 Å². The number of allylic oxidation sites excluding steroid dienone is 4. The van der Waals surface area contributed by atoms with Crippen molar-refractivity contribution in [2.45, 2.75) is 58.3 Å². The van der Waals surface area contributed by atoms with E-state index in [-0.39, 0.29) is 0 Å². The Kier molecular flexibility index (Phi) is 3.56. The Hall–Kier alpha value is -0.890. The van der Waals surface area contributed by atoms with Crippen LogP contribution in [0.1, 0.15) is 58.3 Å². The largest absolute Gasteiger partial charge is 0.384 e. The summed E-state index contributed by atoms with van der Waals surface area (Å²) in [5.74, 6) is 2.74. The molecule has 2 nitrogen and oxygen atoms in total. The van der Waals surface area contributed by atoms with Gasteiger partial charge in [-0.25, -0.2) is 0 Å². The first-order chi connectivity index (χ1) is 10.6. The Bertz CT molecular complexity index is 556. The van der Waals surface area contributed by atoms with Crippen LogP contribution in [0.3, 0.4) is 0 Å². The molecule has 0 heterocycles. The summed E-state index contributed by atoms with van der Waals surface area (Å²) in [6, 6.07) is 0. The molecule has 4 aliphatic carbocycles. The van der Waals surface area contributed by atoms with E-state index in [1.165, 1.54) is 37.7 Å². The molecular formula is C20H28O2. The van der Waals surface area contributed by atoms with Crippen LogP contribution in [0.4, 0.5) is 0 Å². The number of hydrogen-bond donors (Lipinski definition) is 0. The highest BCUT2D eigenvalue weighted by Crippen LogP contribution is 2.62. The van der Waals surface area contributed by atoms with Crippen molar-refractivity contribution in [3.63, 3.8) is 0 Å². The lowest BCUT2D eigenvalue weighted by molar-refractivity contribution is -0.114. The number of carbonyl (C=O) groups is 1. The molecular weight excluding hydrogens is 272 g/mol. The van der Waals surface area contributed by atoms with Gasteiger partial charge in [0.1, 0.15) is 0 Å². The monoisotopic (exact) mass is 300 g/mol. The number of fused-ring (bicyclic) bond motifs is 4. The van der Waals surface area contributed by atoms with Crippen LogP contribution in [0.15, 0.2) is 22.8 Å². The van der Waals surface area contributed by atoms with Crippen LogP contribution < -0.4 is 0 Å². The molecule has 0 aromatic rings. The van der Waals surface area contributed by atoms with Gasteiger partial charge in [0.25, 0.3) is 0 Å². The Balaban J connectivity index is 1.67. The highest BCUT2D eigenvalue weighted by Gasteiger charge is 2.53. The first-order valence-electron chi connectivity index (χ1n) is 9.08. The highest BCUT2D eigenvalue weighted by atomic mass is 16.5. The fourth-order valence-electron chi connectivity index (χ4n) is 6.11. The minimum absolute atomic E-state index is 0.347. The zero-order valence-electron chi connectivity index (χ0n) is 14.0. The lowest BCUT2D eigenvalue weighted by atomic mass is 9.56. The van der Waals surface area contributed by atoms with E-state index in [0.717, 1.165) is 43.6 Å². The van der Waals surface area contributed by atoms with Gasteiger partial charge in [0, 0.05) is 20.1 Å². The van der Waals surface area contributed by atoms with Crippen molar-refractivity contribution < 1.29 is 9.53 Å². The topological polar surface area (TPSA) is 26.3 Å². The van der Waals surface area contributed by atoms with Gasteiger partial charge >= 0.3 is 0 Å². The summed E-state index contributed by atoms with van der Waals surface area (Å²) in [5, 5.41) is 0. The number of ether oxygens (including phenoxy) is 1. The molecule has 0 aromatic carbocycles. The summed E-state index contributed by atoms with van der Waals surface area (Å²) in [6.07, 6.45) is 11.4. The highest BCUT2D eigenvalue weighted by molar-refractivity contribution is 5.93. The van der Waals surface area contributed by atoms with Gasteiger partial charge in [-0.15, -0.1) is 0 Å². The molecule has 22 heavy (non-hydrogen) atoms. The third-order valence-electron chi connectivity index (χ3n) is 7.30. The molecule has 120 valence electrons. The molecule has 2 saturated carbocycles. The molecule has 4 aliphatic rings. The predicted molar refractivity (Wildman–Crippen MR) is 87.5 cm³/mol. The van der Waals surface area contributed by atoms with Crippen LogP contribution >= 0.6 is 0 Å². The van der Waals surface area contributed by atoms with Crippen molar-refractivity contribution in [3.05, 3.63) is 22.8 Å². The number of methoxy groups -OCH3 is 1. The molecule has 0 amide bonds. The molecule has 0 spiro atoms. The lowest BCUT2D eigenvalue weighted by Crippen LogP contribution is -2.41. The van der Waals surface area contributed by atoms with Crippen LogP contribution in [-0.2, 0) is 9.53 Å². The maximum absolute atomic E-state index is 11.7. The third-order valence-corrected chi connectivity index (χ3v) is 7.30. The Morgan fingerprint density at radius 1 is 1.18 bits per heavy atom. The van der Waals surface area contributed by atoms with Gasteiger partial charge < -0.3 is 4.74 Å². The first-order valence-corrected chi connectivity index (χ1v) is 9.08. The molecule has 0 aromatic heterocycles. The number of hydrogen-bond acceptors (Lipinski definition) is 2. The Morgan fingerprint density at radius 2 is 2.05 bits per heavy atom. The van der Waals surface area contributed by atoms with Crippen LogP contribution in [0.5, 0.6) is 0 Å². The number of rotatable bonds is 2. The molecule has 0 radical (unpaired) electrons. The van der Waals surface area contributed by atoms with Crippen molar-refractivity contribution in [1.29, 1.82) is 0 Å². The molecule has 0 unspecified atom stereocenters. The van der Waals surface area contributed by atoms with Crippen LogP contribution in [0.25, 0.3) is 0 Å². The fourth-order valence-corrected chi connectivity index (χ4v) is 6.11. The van der Waals surface area contributed by atoms with Gasteiger partial charge in [-0.05, 0) is 85.3 Å². The number of ketones is 1. The lowest BCUT2D eigenvalue weighted by Gasteiger charge is -2.49. The summed E-state index contributed by atoms with van der Waals surface area (Å²) in [6.45, 7) is 3.47. The average Bonchev–Trinajstić information content (AvgIpc) is 2.84. The second-order valence-corrected chi connectivity index (χ2v) is 8.13. The van der Waals surface area contributed by atoms with Crippen LogP contribution in [0.2, 0.25) is 0 Å². The third kappa shape index (κ3) is 2.06. The quantitative estimate of drug-likeness (QED) is 0.753. The molecule has 2 fully saturated rings. The van der Waals surface area contributed by atoms with E-state index in [0.29, 0.717) is 11.2 Å². The molecule has 4 atom stereocenters. The first kappa shape index (κ1) is 14.7. The van der Waals surface area contributed by atoms with Gasteiger partial charge in [-0.1, -0.05) is 12.5 Å². The van der Waals surface area contributed by atoms with Crippen molar-refractivity contribution in [3.8, 4) is 0 Å². The fraction of sp³-hybridized carbons (Fsp3) is 0.750. The van der Waals surface area contributed by atoms with Gasteiger partial charge in [0.2, 0.25) is 0 Å². The Labute approximate surface area is 134 Å². The van der Waals surface area contributed by atoms with E-state index in [2.05, 4.69) is 6.92 Å². The van der Waals surface area contributed by atoms with Crippen molar-refractivity contribution in [2.75, 3.05) is 13.7 Å². The molecule has 2 heteroatoms. The van der Waals surface area contributed by atoms with Gasteiger partial charge in [0.05, 0.1) is 0 Å². The summed E-state index contributed by atoms with van der Waals surface area (Å²) < 4.78 is 5.52. The normalized spacial score (nSPS) is 40.9. The van der Waals surface area contributed by atoms with E-state index in [1.807, 2.05) is 13.2 Å². The van der Waals surface area contributed by atoms with Crippen molar-refractivity contribution in [2.24, 2.45) is 23.2 Å². The molecule has 0 aliphatic heterocycles. The summed E-state index contributed by atoms with van der Waals surface area (Å²) in [7, 11) is 1.85. The van der Waals surface area contributed by atoms with E-state index in [4.69, 9.17) is 4.74 Å². The van der Waals surface area contributed by atoms with Crippen molar-refractivity contribution >= 4 is 5.78 Å².